The fraction of sp³-hybridized carbons (Fsp3) is 0.368. The van der Waals surface area contributed by atoms with Crippen molar-refractivity contribution in [2.75, 3.05) is 14.1 Å². The lowest BCUT2D eigenvalue weighted by molar-refractivity contribution is 0.404. The molecule has 4 heteroatoms. The Morgan fingerprint density at radius 3 is 2.26 bits per heavy atom. The van der Waals surface area contributed by atoms with Gasteiger partial charge in [0.1, 0.15) is 5.52 Å². The zero-order valence-electron chi connectivity index (χ0n) is 14.5. The highest BCUT2D eigenvalue weighted by Gasteiger charge is 2.17. The van der Waals surface area contributed by atoms with Gasteiger partial charge in [-0.2, -0.15) is 0 Å². The first kappa shape index (κ1) is 15.7. The maximum absolute atomic E-state index is 4.52. The van der Waals surface area contributed by atoms with Crippen molar-refractivity contribution in [1.29, 1.82) is 0 Å². The third-order valence-electron chi connectivity index (χ3n) is 4.04. The van der Waals surface area contributed by atoms with Crippen LogP contribution in [0.1, 0.15) is 31.9 Å². The molecule has 0 aliphatic rings. The topological polar surface area (TPSA) is 44.8 Å². The van der Waals surface area contributed by atoms with E-state index in [-0.39, 0.29) is 5.41 Å². The average Bonchev–Trinajstić information content (AvgIpc) is 2.85. The van der Waals surface area contributed by atoms with Gasteiger partial charge in [0.15, 0.2) is 5.65 Å². The van der Waals surface area contributed by atoms with E-state index in [9.17, 15) is 0 Å². The Morgan fingerprint density at radius 2 is 1.65 bits per heavy atom. The zero-order valence-corrected chi connectivity index (χ0v) is 14.5. The molecule has 0 spiro atoms. The molecular weight excluding hydrogens is 284 g/mol. The first-order valence-corrected chi connectivity index (χ1v) is 7.93. The van der Waals surface area contributed by atoms with Crippen molar-refractivity contribution in [3.8, 4) is 11.3 Å². The summed E-state index contributed by atoms with van der Waals surface area (Å²) in [7, 11) is 4.14. The molecule has 0 fully saturated rings. The van der Waals surface area contributed by atoms with Crippen LogP contribution in [-0.4, -0.2) is 33.9 Å². The molecule has 0 aliphatic carbocycles. The van der Waals surface area contributed by atoms with Gasteiger partial charge in [-0.1, -0.05) is 45.0 Å². The molecule has 4 nitrogen and oxygen atoms in total. The lowest BCUT2D eigenvalue weighted by atomic mass is 9.86. The van der Waals surface area contributed by atoms with Gasteiger partial charge in [-0.25, -0.2) is 4.98 Å². The fourth-order valence-corrected chi connectivity index (χ4v) is 2.82. The van der Waals surface area contributed by atoms with Gasteiger partial charge < -0.3 is 9.88 Å². The molecule has 2 heterocycles. The third-order valence-corrected chi connectivity index (χ3v) is 4.04. The van der Waals surface area contributed by atoms with E-state index in [0.29, 0.717) is 0 Å². The van der Waals surface area contributed by atoms with Gasteiger partial charge in [0, 0.05) is 24.5 Å². The molecule has 1 aromatic carbocycles. The Bertz CT molecular complexity index is 807. The van der Waals surface area contributed by atoms with Gasteiger partial charge in [0.2, 0.25) is 0 Å². The molecule has 0 saturated carbocycles. The molecule has 1 N–H and O–H groups in total. The molecule has 0 unspecified atom stereocenters. The molecule has 0 bridgehead atoms. The second kappa shape index (κ2) is 5.78. The van der Waals surface area contributed by atoms with E-state index in [1.807, 2.05) is 0 Å². The smallest absolute Gasteiger partial charge is 0.156 e. The van der Waals surface area contributed by atoms with Gasteiger partial charge in [-0.15, -0.1) is 0 Å². The van der Waals surface area contributed by atoms with Crippen LogP contribution in [0, 0.1) is 0 Å². The zero-order chi connectivity index (χ0) is 16.6. The van der Waals surface area contributed by atoms with Crippen LogP contribution < -0.4 is 0 Å². The minimum absolute atomic E-state index is 0.161. The van der Waals surface area contributed by atoms with Gasteiger partial charge in [-0.3, -0.25) is 4.98 Å². The van der Waals surface area contributed by atoms with Crippen molar-refractivity contribution in [2.45, 2.75) is 32.7 Å². The maximum Gasteiger partial charge on any atom is 0.156 e. The van der Waals surface area contributed by atoms with Gasteiger partial charge in [0.05, 0.1) is 5.69 Å². The summed E-state index contributed by atoms with van der Waals surface area (Å²) >= 11 is 0. The molecule has 3 aromatic rings. The highest BCUT2D eigenvalue weighted by Crippen LogP contribution is 2.31. The minimum Gasteiger partial charge on any atom is -0.338 e. The Balaban J connectivity index is 2.11. The fourth-order valence-electron chi connectivity index (χ4n) is 2.82. The van der Waals surface area contributed by atoms with Crippen LogP contribution in [0.25, 0.3) is 22.4 Å². The first-order chi connectivity index (χ1) is 10.9. The second-order valence-electron chi connectivity index (χ2n) is 7.30. The van der Waals surface area contributed by atoms with Crippen molar-refractivity contribution >= 4 is 11.2 Å². The number of aromatic amines is 1. The number of nitrogens with one attached hydrogen (secondary N) is 1. The van der Waals surface area contributed by atoms with Crippen LogP contribution in [-0.2, 0) is 12.0 Å². The van der Waals surface area contributed by atoms with E-state index >= 15 is 0 Å². The number of nitrogens with zero attached hydrogens (tertiary/aromatic N) is 3. The van der Waals surface area contributed by atoms with Crippen LogP contribution in [0.5, 0.6) is 0 Å². The van der Waals surface area contributed by atoms with E-state index in [2.05, 4.69) is 79.0 Å². The number of rotatable bonds is 3. The summed E-state index contributed by atoms with van der Waals surface area (Å²) in [6.45, 7) is 7.53. The summed E-state index contributed by atoms with van der Waals surface area (Å²) in [5.74, 6) is 0. The van der Waals surface area contributed by atoms with E-state index < -0.39 is 0 Å². The summed E-state index contributed by atoms with van der Waals surface area (Å²) < 4.78 is 0. The number of hydrogen-bond acceptors (Lipinski definition) is 3. The molecule has 0 aliphatic heterocycles. The molecule has 0 radical (unpaired) electrons. The molecule has 120 valence electrons. The molecule has 0 amide bonds. The predicted octanol–water partition coefficient (Wildman–Crippen LogP) is 3.98. The second-order valence-corrected chi connectivity index (χ2v) is 7.30. The molecule has 3 rings (SSSR count). The van der Waals surface area contributed by atoms with Crippen LogP contribution in [0.2, 0.25) is 0 Å². The number of benzene rings is 1. The predicted molar refractivity (Wildman–Crippen MR) is 95.4 cm³/mol. The molecule has 2 aromatic heterocycles. The van der Waals surface area contributed by atoms with Crippen molar-refractivity contribution in [1.82, 2.24) is 19.9 Å². The third kappa shape index (κ3) is 3.13. The summed E-state index contributed by atoms with van der Waals surface area (Å²) in [5.41, 5.74) is 6.78. The average molecular weight is 308 g/mol. The van der Waals surface area contributed by atoms with Crippen LogP contribution in [0.3, 0.4) is 0 Å². The summed E-state index contributed by atoms with van der Waals surface area (Å²) in [4.78, 5) is 14.5. The van der Waals surface area contributed by atoms with Crippen molar-refractivity contribution in [3.63, 3.8) is 0 Å². The van der Waals surface area contributed by atoms with Gasteiger partial charge in [0.25, 0.3) is 0 Å². The standard InChI is InChI=1S/C19H24N4/c1-19(2,3)14-8-6-13(7-9-14)16-15(12-23(4)5)17-18(22-16)21-11-10-20-17/h6-11H,12H2,1-5H3,(H,21,22). The lowest BCUT2D eigenvalue weighted by Gasteiger charge is -2.19. The monoisotopic (exact) mass is 308 g/mol. The Labute approximate surface area is 137 Å². The number of aromatic nitrogens is 3. The Morgan fingerprint density at radius 1 is 1.00 bits per heavy atom. The first-order valence-electron chi connectivity index (χ1n) is 7.93. The summed E-state index contributed by atoms with van der Waals surface area (Å²) in [6.07, 6.45) is 3.48. The Hall–Kier alpha value is -2.20. The van der Waals surface area contributed by atoms with E-state index in [4.69, 9.17) is 0 Å². The number of H-pyrrole nitrogens is 1. The Kier molecular flexibility index (Phi) is 3.94. The quantitative estimate of drug-likeness (QED) is 0.796. The largest absolute Gasteiger partial charge is 0.338 e. The van der Waals surface area contributed by atoms with Crippen LogP contribution in [0.4, 0.5) is 0 Å². The highest BCUT2D eigenvalue weighted by molar-refractivity contribution is 5.85. The summed E-state index contributed by atoms with van der Waals surface area (Å²) in [6, 6.07) is 8.79. The normalized spacial score (nSPS) is 12.3. The van der Waals surface area contributed by atoms with Gasteiger partial charge in [-0.05, 0) is 30.6 Å². The van der Waals surface area contributed by atoms with Crippen molar-refractivity contribution in [2.24, 2.45) is 0 Å². The van der Waals surface area contributed by atoms with Gasteiger partial charge >= 0.3 is 0 Å². The van der Waals surface area contributed by atoms with Crippen molar-refractivity contribution < 1.29 is 0 Å². The maximum atomic E-state index is 4.52. The van der Waals surface area contributed by atoms with Crippen LogP contribution >= 0.6 is 0 Å². The van der Waals surface area contributed by atoms with E-state index in [1.165, 1.54) is 16.7 Å². The number of fused-ring (bicyclic) bond motifs is 1. The molecule has 0 saturated heterocycles. The van der Waals surface area contributed by atoms with Crippen LogP contribution in [0.15, 0.2) is 36.7 Å². The van der Waals surface area contributed by atoms with E-state index in [1.54, 1.807) is 12.4 Å². The SMILES string of the molecule is CN(C)Cc1c(-c2ccc(C(C)(C)C)cc2)[nH]c2nccnc12. The highest BCUT2D eigenvalue weighted by atomic mass is 15.1. The van der Waals surface area contributed by atoms with Crippen molar-refractivity contribution in [3.05, 3.63) is 47.8 Å². The molecular formula is C19H24N4. The lowest BCUT2D eigenvalue weighted by Crippen LogP contribution is -2.12. The molecule has 0 atom stereocenters. The minimum atomic E-state index is 0.161. The molecule has 23 heavy (non-hydrogen) atoms. The van der Waals surface area contributed by atoms with E-state index in [0.717, 1.165) is 23.4 Å². The number of hydrogen-bond donors (Lipinski definition) is 1. The summed E-state index contributed by atoms with van der Waals surface area (Å²) in [5, 5.41) is 0.